The molecule has 0 bridgehead atoms. The number of rotatable bonds is 4. The number of carbonyl (C=O) groups is 1. The van der Waals surface area contributed by atoms with E-state index in [2.05, 4.69) is 46.1 Å². The number of aryl methyl sites for hydroxylation is 1. The summed E-state index contributed by atoms with van der Waals surface area (Å²) in [7, 11) is 1.87. The van der Waals surface area contributed by atoms with Crippen LogP contribution >= 0.6 is 0 Å². The van der Waals surface area contributed by atoms with E-state index in [0.29, 0.717) is 13.1 Å². The van der Waals surface area contributed by atoms with Crippen molar-refractivity contribution < 1.29 is 9.53 Å². The summed E-state index contributed by atoms with van der Waals surface area (Å²) in [4.78, 5) is 19.1. The Kier molecular flexibility index (Phi) is 5.13. The highest BCUT2D eigenvalue weighted by Gasteiger charge is 2.27. The first-order valence-electron chi connectivity index (χ1n) is 9.56. The molecule has 2 aliphatic rings. The number of para-hydroxylation sites is 1. The van der Waals surface area contributed by atoms with Crippen molar-refractivity contribution in [2.75, 3.05) is 49.1 Å². The third-order valence-electron chi connectivity index (χ3n) is 5.27. The van der Waals surface area contributed by atoms with E-state index in [4.69, 9.17) is 4.74 Å². The highest BCUT2D eigenvalue weighted by molar-refractivity contribution is 5.95. The standard InChI is InChI=1S/C20H27N5O2/c1-16-12-24(9-10-27-16)19-6-4-3-5-17(19)13-23-7-8-25(20(26)15-23)18-11-21-22(2)14-18/h3-6,11,14,16H,7-10,12-13,15H2,1-2H3/t16-/m0/s1. The fourth-order valence-corrected chi connectivity index (χ4v) is 3.91. The molecule has 0 N–H and O–H groups in total. The van der Waals surface area contributed by atoms with Crippen molar-refractivity contribution in [3.63, 3.8) is 0 Å². The van der Waals surface area contributed by atoms with Gasteiger partial charge < -0.3 is 14.5 Å². The number of benzene rings is 1. The van der Waals surface area contributed by atoms with Gasteiger partial charge in [-0.3, -0.25) is 14.4 Å². The van der Waals surface area contributed by atoms with Crippen LogP contribution in [-0.2, 0) is 23.1 Å². The largest absolute Gasteiger partial charge is 0.375 e. The molecule has 0 aliphatic carbocycles. The summed E-state index contributed by atoms with van der Waals surface area (Å²) < 4.78 is 7.41. The van der Waals surface area contributed by atoms with E-state index in [1.54, 1.807) is 10.9 Å². The van der Waals surface area contributed by atoms with Gasteiger partial charge in [0.15, 0.2) is 0 Å². The second-order valence-corrected chi connectivity index (χ2v) is 7.38. The summed E-state index contributed by atoms with van der Waals surface area (Å²) in [6, 6.07) is 8.52. The summed E-state index contributed by atoms with van der Waals surface area (Å²) >= 11 is 0. The lowest BCUT2D eigenvalue weighted by molar-refractivity contribution is -0.121. The first kappa shape index (κ1) is 18.0. The molecule has 1 atom stereocenters. The minimum absolute atomic E-state index is 0.131. The minimum atomic E-state index is 0.131. The summed E-state index contributed by atoms with van der Waals surface area (Å²) in [6.07, 6.45) is 3.89. The number of nitrogens with zero attached hydrogens (tertiary/aromatic N) is 5. The smallest absolute Gasteiger partial charge is 0.241 e. The van der Waals surface area contributed by atoms with Gasteiger partial charge in [-0.15, -0.1) is 0 Å². The van der Waals surface area contributed by atoms with Crippen molar-refractivity contribution in [2.45, 2.75) is 19.6 Å². The van der Waals surface area contributed by atoms with Crippen LogP contribution in [0.2, 0.25) is 0 Å². The van der Waals surface area contributed by atoms with E-state index < -0.39 is 0 Å². The second-order valence-electron chi connectivity index (χ2n) is 7.38. The Morgan fingerprint density at radius 1 is 1.22 bits per heavy atom. The number of piperazine rings is 1. The van der Waals surface area contributed by atoms with E-state index in [0.717, 1.165) is 38.5 Å². The number of hydrogen-bond donors (Lipinski definition) is 0. The Morgan fingerprint density at radius 2 is 2.07 bits per heavy atom. The molecule has 27 heavy (non-hydrogen) atoms. The maximum absolute atomic E-state index is 12.7. The summed E-state index contributed by atoms with van der Waals surface area (Å²) in [5.41, 5.74) is 3.41. The number of carbonyl (C=O) groups excluding carboxylic acids is 1. The maximum atomic E-state index is 12.7. The Balaban J connectivity index is 1.44. The molecule has 2 saturated heterocycles. The fraction of sp³-hybridized carbons (Fsp3) is 0.500. The summed E-state index contributed by atoms with van der Waals surface area (Å²) in [5, 5.41) is 4.18. The van der Waals surface area contributed by atoms with E-state index in [9.17, 15) is 4.79 Å². The first-order valence-corrected chi connectivity index (χ1v) is 9.56. The van der Waals surface area contributed by atoms with Crippen molar-refractivity contribution in [1.29, 1.82) is 0 Å². The number of anilines is 2. The maximum Gasteiger partial charge on any atom is 0.241 e. The predicted octanol–water partition coefficient (Wildman–Crippen LogP) is 1.49. The Bertz CT molecular complexity index is 805. The number of aromatic nitrogens is 2. The third-order valence-corrected chi connectivity index (χ3v) is 5.27. The fourth-order valence-electron chi connectivity index (χ4n) is 3.91. The van der Waals surface area contributed by atoms with Crippen molar-refractivity contribution >= 4 is 17.3 Å². The molecular weight excluding hydrogens is 342 g/mol. The van der Waals surface area contributed by atoms with Gasteiger partial charge in [0.25, 0.3) is 0 Å². The van der Waals surface area contributed by atoms with Crippen LogP contribution in [0, 0.1) is 0 Å². The topological polar surface area (TPSA) is 53.8 Å². The monoisotopic (exact) mass is 369 g/mol. The van der Waals surface area contributed by atoms with Crippen LogP contribution in [0.3, 0.4) is 0 Å². The van der Waals surface area contributed by atoms with Gasteiger partial charge in [-0.05, 0) is 18.6 Å². The number of hydrogen-bond acceptors (Lipinski definition) is 5. The number of amides is 1. The van der Waals surface area contributed by atoms with Gasteiger partial charge in [0.2, 0.25) is 5.91 Å². The third kappa shape index (κ3) is 3.99. The number of morpholine rings is 1. The van der Waals surface area contributed by atoms with Gasteiger partial charge in [-0.25, -0.2) is 0 Å². The first-order chi connectivity index (χ1) is 13.1. The van der Waals surface area contributed by atoms with Gasteiger partial charge in [0.1, 0.15) is 0 Å². The van der Waals surface area contributed by atoms with Crippen LogP contribution in [0.1, 0.15) is 12.5 Å². The Labute approximate surface area is 160 Å². The van der Waals surface area contributed by atoms with E-state index in [1.165, 1.54) is 11.3 Å². The molecule has 7 nitrogen and oxygen atoms in total. The number of ether oxygens (including phenoxy) is 1. The molecule has 1 aromatic heterocycles. The van der Waals surface area contributed by atoms with E-state index >= 15 is 0 Å². The SMILES string of the molecule is C[C@H]1CN(c2ccccc2CN2CCN(c3cnn(C)c3)C(=O)C2)CCO1. The quantitative estimate of drug-likeness (QED) is 0.817. The average Bonchev–Trinajstić information content (AvgIpc) is 3.08. The van der Waals surface area contributed by atoms with Crippen LogP contribution in [0.5, 0.6) is 0 Å². The van der Waals surface area contributed by atoms with Crippen LogP contribution in [-0.4, -0.2) is 66.0 Å². The lowest BCUT2D eigenvalue weighted by Gasteiger charge is -2.36. The molecule has 2 fully saturated rings. The van der Waals surface area contributed by atoms with Gasteiger partial charge in [-0.2, -0.15) is 5.10 Å². The van der Waals surface area contributed by atoms with E-state index in [-0.39, 0.29) is 12.0 Å². The summed E-state index contributed by atoms with van der Waals surface area (Å²) in [6.45, 7) is 7.47. The lowest BCUT2D eigenvalue weighted by atomic mass is 10.1. The Hall–Kier alpha value is -2.38. The highest BCUT2D eigenvalue weighted by Crippen LogP contribution is 2.25. The van der Waals surface area contributed by atoms with Crippen LogP contribution in [0.25, 0.3) is 0 Å². The highest BCUT2D eigenvalue weighted by atomic mass is 16.5. The van der Waals surface area contributed by atoms with Gasteiger partial charge in [0, 0.05) is 51.7 Å². The molecule has 3 heterocycles. The minimum Gasteiger partial charge on any atom is -0.375 e. The zero-order chi connectivity index (χ0) is 18.8. The van der Waals surface area contributed by atoms with Gasteiger partial charge in [-0.1, -0.05) is 18.2 Å². The molecule has 1 aromatic carbocycles. The lowest BCUT2D eigenvalue weighted by Crippen LogP contribution is -2.50. The average molecular weight is 369 g/mol. The zero-order valence-corrected chi connectivity index (χ0v) is 16.0. The van der Waals surface area contributed by atoms with Crippen molar-refractivity contribution in [1.82, 2.24) is 14.7 Å². The molecule has 0 spiro atoms. The molecule has 0 unspecified atom stereocenters. The van der Waals surface area contributed by atoms with Crippen LogP contribution in [0.4, 0.5) is 11.4 Å². The van der Waals surface area contributed by atoms with Crippen LogP contribution < -0.4 is 9.80 Å². The van der Waals surface area contributed by atoms with Gasteiger partial charge >= 0.3 is 0 Å². The van der Waals surface area contributed by atoms with Crippen molar-refractivity contribution in [3.05, 3.63) is 42.2 Å². The normalized spacial score (nSPS) is 21.7. The van der Waals surface area contributed by atoms with E-state index in [1.807, 2.05) is 18.1 Å². The summed E-state index contributed by atoms with van der Waals surface area (Å²) in [5.74, 6) is 0.131. The van der Waals surface area contributed by atoms with Crippen molar-refractivity contribution in [2.24, 2.45) is 7.05 Å². The molecular formula is C20H27N5O2. The zero-order valence-electron chi connectivity index (χ0n) is 16.0. The van der Waals surface area contributed by atoms with Crippen LogP contribution in [0.15, 0.2) is 36.7 Å². The molecule has 0 saturated carbocycles. The molecule has 2 aromatic rings. The molecule has 4 rings (SSSR count). The van der Waals surface area contributed by atoms with Crippen molar-refractivity contribution in [3.8, 4) is 0 Å². The Morgan fingerprint density at radius 3 is 2.81 bits per heavy atom. The second kappa shape index (κ2) is 7.70. The van der Waals surface area contributed by atoms with Gasteiger partial charge in [0.05, 0.1) is 31.1 Å². The molecule has 144 valence electrons. The predicted molar refractivity (Wildman–Crippen MR) is 105 cm³/mol. The molecule has 0 radical (unpaired) electrons. The molecule has 1 amide bonds. The molecule has 7 heteroatoms. The molecule has 2 aliphatic heterocycles.